The molecule has 1 aromatic heterocycles. The molecular formula is C14H14ClN3O2. The largest absolute Gasteiger partial charge is 0.399 e. The lowest BCUT2D eigenvalue weighted by Crippen LogP contribution is -2.28. The van der Waals surface area contributed by atoms with Gasteiger partial charge in [0.2, 0.25) is 5.91 Å². The van der Waals surface area contributed by atoms with Gasteiger partial charge in [0.25, 0.3) is 5.56 Å². The third-order valence-corrected chi connectivity index (χ3v) is 3.15. The predicted octanol–water partition coefficient (Wildman–Crippen LogP) is 2.03. The molecule has 1 amide bonds. The standard InChI is InChI=1S/C14H14ClN3O2/c1-9-3-2-4-14(20)18(9)8-13(19)17-12-6-5-10(16)7-11(12)15/h2-7H,8,16H2,1H3,(H,17,19). The van der Waals surface area contributed by atoms with E-state index in [1.54, 1.807) is 37.3 Å². The monoisotopic (exact) mass is 291 g/mol. The van der Waals surface area contributed by atoms with Crippen LogP contribution in [0.3, 0.4) is 0 Å². The van der Waals surface area contributed by atoms with Gasteiger partial charge in [0.05, 0.1) is 10.7 Å². The molecule has 20 heavy (non-hydrogen) atoms. The van der Waals surface area contributed by atoms with Gasteiger partial charge in [-0.1, -0.05) is 17.7 Å². The van der Waals surface area contributed by atoms with Crippen molar-refractivity contribution < 1.29 is 4.79 Å². The van der Waals surface area contributed by atoms with Gasteiger partial charge in [0.15, 0.2) is 0 Å². The van der Waals surface area contributed by atoms with Crippen molar-refractivity contribution in [1.82, 2.24) is 4.57 Å². The Kier molecular flexibility index (Phi) is 4.10. The number of benzene rings is 1. The molecule has 0 saturated heterocycles. The number of amides is 1. The number of nitrogens with zero attached hydrogens (tertiary/aromatic N) is 1. The molecule has 0 aliphatic heterocycles. The third-order valence-electron chi connectivity index (χ3n) is 2.84. The zero-order chi connectivity index (χ0) is 14.7. The molecule has 3 N–H and O–H groups in total. The quantitative estimate of drug-likeness (QED) is 0.850. The van der Waals surface area contributed by atoms with Crippen molar-refractivity contribution in [3.05, 3.63) is 57.5 Å². The maximum Gasteiger partial charge on any atom is 0.251 e. The molecular weight excluding hydrogens is 278 g/mol. The number of carbonyl (C=O) groups excluding carboxylic acids is 1. The summed E-state index contributed by atoms with van der Waals surface area (Å²) in [4.78, 5) is 23.6. The first-order valence-electron chi connectivity index (χ1n) is 5.98. The van der Waals surface area contributed by atoms with Gasteiger partial charge in [-0.2, -0.15) is 0 Å². The van der Waals surface area contributed by atoms with E-state index in [0.717, 1.165) is 5.69 Å². The molecule has 0 saturated carbocycles. The highest BCUT2D eigenvalue weighted by molar-refractivity contribution is 6.34. The number of rotatable bonds is 3. The number of aryl methyl sites for hydroxylation is 1. The topological polar surface area (TPSA) is 77.1 Å². The molecule has 0 bridgehead atoms. The van der Waals surface area contributed by atoms with Crippen LogP contribution in [0.2, 0.25) is 5.02 Å². The van der Waals surface area contributed by atoms with E-state index < -0.39 is 0 Å². The number of nitrogens with one attached hydrogen (secondary N) is 1. The average molecular weight is 292 g/mol. The Balaban J connectivity index is 2.15. The summed E-state index contributed by atoms with van der Waals surface area (Å²) in [6.07, 6.45) is 0. The Hall–Kier alpha value is -2.27. The summed E-state index contributed by atoms with van der Waals surface area (Å²) in [5.41, 5.74) is 7.06. The summed E-state index contributed by atoms with van der Waals surface area (Å²) >= 11 is 5.98. The Bertz CT molecular complexity index is 710. The highest BCUT2D eigenvalue weighted by atomic mass is 35.5. The Morgan fingerprint density at radius 2 is 2.10 bits per heavy atom. The van der Waals surface area contributed by atoms with Crippen molar-refractivity contribution >= 4 is 28.9 Å². The molecule has 0 aliphatic rings. The minimum absolute atomic E-state index is 0.0633. The van der Waals surface area contributed by atoms with Crippen molar-refractivity contribution in [3.8, 4) is 0 Å². The second-order valence-corrected chi connectivity index (χ2v) is 4.79. The molecule has 1 heterocycles. The van der Waals surface area contributed by atoms with Crippen LogP contribution in [-0.4, -0.2) is 10.5 Å². The Morgan fingerprint density at radius 3 is 2.75 bits per heavy atom. The number of halogens is 1. The summed E-state index contributed by atoms with van der Waals surface area (Å²) in [7, 11) is 0. The fourth-order valence-corrected chi connectivity index (χ4v) is 2.03. The number of carbonyl (C=O) groups is 1. The van der Waals surface area contributed by atoms with Crippen molar-refractivity contribution in [2.24, 2.45) is 0 Å². The second kappa shape index (κ2) is 5.79. The first-order chi connectivity index (χ1) is 9.47. The van der Waals surface area contributed by atoms with Crippen LogP contribution in [0.5, 0.6) is 0 Å². The number of hydrogen-bond acceptors (Lipinski definition) is 3. The SMILES string of the molecule is Cc1cccc(=O)n1CC(=O)Nc1ccc(N)cc1Cl. The fourth-order valence-electron chi connectivity index (χ4n) is 1.79. The Morgan fingerprint density at radius 1 is 1.35 bits per heavy atom. The first kappa shape index (κ1) is 14.1. The van der Waals surface area contributed by atoms with Gasteiger partial charge in [-0.25, -0.2) is 0 Å². The van der Waals surface area contributed by atoms with E-state index in [9.17, 15) is 9.59 Å². The van der Waals surface area contributed by atoms with E-state index in [0.29, 0.717) is 16.4 Å². The van der Waals surface area contributed by atoms with Crippen LogP contribution in [0.1, 0.15) is 5.69 Å². The molecule has 0 radical (unpaired) electrons. The van der Waals surface area contributed by atoms with Crippen LogP contribution in [0, 0.1) is 6.92 Å². The van der Waals surface area contributed by atoms with Crippen LogP contribution in [0.25, 0.3) is 0 Å². The number of pyridine rings is 1. The van der Waals surface area contributed by atoms with Crippen LogP contribution in [-0.2, 0) is 11.3 Å². The molecule has 2 rings (SSSR count). The Labute approximate surface area is 121 Å². The van der Waals surface area contributed by atoms with Crippen molar-refractivity contribution in [2.45, 2.75) is 13.5 Å². The number of aromatic nitrogens is 1. The maximum atomic E-state index is 12.0. The predicted molar refractivity (Wildman–Crippen MR) is 79.9 cm³/mol. The molecule has 2 aromatic rings. The van der Waals surface area contributed by atoms with Gasteiger partial charge in [-0.15, -0.1) is 0 Å². The number of hydrogen-bond donors (Lipinski definition) is 2. The van der Waals surface area contributed by atoms with Gasteiger partial charge >= 0.3 is 0 Å². The summed E-state index contributed by atoms with van der Waals surface area (Å²) in [6, 6.07) is 9.65. The highest BCUT2D eigenvalue weighted by Gasteiger charge is 2.09. The van der Waals surface area contributed by atoms with Crippen LogP contribution in [0.4, 0.5) is 11.4 Å². The number of nitrogen functional groups attached to an aromatic ring is 1. The van der Waals surface area contributed by atoms with E-state index in [1.165, 1.54) is 10.6 Å². The maximum absolute atomic E-state index is 12.0. The molecule has 0 fully saturated rings. The average Bonchev–Trinajstić information content (AvgIpc) is 2.37. The smallest absolute Gasteiger partial charge is 0.251 e. The summed E-state index contributed by atoms with van der Waals surface area (Å²) < 4.78 is 1.39. The molecule has 6 heteroatoms. The molecule has 104 valence electrons. The lowest BCUT2D eigenvalue weighted by molar-refractivity contribution is -0.116. The van der Waals surface area contributed by atoms with Crippen LogP contribution < -0.4 is 16.6 Å². The van der Waals surface area contributed by atoms with E-state index in [1.807, 2.05) is 0 Å². The van der Waals surface area contributed by atoms with E-state index >= 15 is 0 Å². The van der Waals surface area contributed by atoms with E-state index in [4.69, 9.17) is 17.3 Å². The van der Waals surface area contributed by atoms with Gasteiger partial charge in [0, 0.05) is 17.4 Å². The first-order valence-corrected chi connectivity index (χ1v) is 6.36. The van der Waals surface area contributed by atoms with Crippen LogP contribution >= 0.6 is 11.6 Å². The van der Waals surface area contributed by atoms with Crippen LogP contribution in [0.15, 0.2) is 41.2 Å². The van der Waals surface area contributed by atoms with Gasteiger partial charge in [-0.05, 0) is 31.2 Å². The molecule has 0 spiro atoms. The fraction of sp³-hybridized carbons (Fsp3) is 0.143. The highest BCUT2D eigenvalue weighted by Crippen LogP contribution is 2.23. The zero-order valence-electron chi connectivity index (χ0n) is 10.9. The summed E-state index contributed by atoms with van der Waals surface area (Å²) in [5.74, 6) is -0.326. The minimum Gasteiger partial charge on any atom is -0.399 e. The number of anilines is 2. The zero-order valence-corrected chi connectivity index (χ0v) is 11.6. The minimum atomic E-state index is -0.326. The number of nitrogens with two attached hydrogens (primary N) is 1. The lowest BCUT2D eigenvalue weighted by Gasteiger charge is -2.11. The second-order valence-electron chi connectivity index (χ2n) is 4.38. The van der Waals surface area contributed by atoms with Crippen molar-refractivity contribution in [1.29, 1.82) is 0 Å². The van der Waals surface area contributed by atoms with Crippen molar-refractivity contribution in [3.63, 3.8) is 0 Å². The molecule has 1 aromatic carbocycles. The molecule has 0 atom stereocenters. The molecule has 0 aliphatic carbocycles. The van der Waals surface area contributed by atoms with Gasteiger partial charge in [0.1, 0.15) is 6.54 Å². The summed E-state index contributed by atoms with van der Waals surface area (Å²) in [5, 5.41) is 3.01. The third kappa shape index (κ3) is 3.19. The van der Waals surface area contributed by atoms with E-state index in [-0.39, 0.29) is 18.0 Å². The lowest BCUT2D eigenvalue weighted by atomic mass is 10.3. The van der Waals surface area contributed by atoms with Gasteiger partial charge in [-0.3, -0.25) is 9.59 Å². The normalized spacial score (nSPS) is 10.3. The van der Waals surface area contributed by atoms with Crippen molar-refractivity contribution in [2.75, 3.05) is 11.1 Å². The van der Waals surface area contributed by atoms with Gasteiger partial charge < -0.3 is 15.6 Å². The van der Waals surface area contributed by atoms with E-state index in [2.05, 4.69) is 5.32 Å². The molecule has 5 nitrogen and oxygen atoms in total. The molecule has 0 unspecified atom stereocenters. The summed E-state index contributed by atoms with van der Waals surface area (Å²) in [6.45, 7) is 1.71.